The van der Waals surface area contributed by atoms with Crippen LogP contribution in [0.1, 0.15) is 25.8 Å². The number of hydrogen-bond acceptors (Lipinski definition) is 2. The number of aliphatic imine (C=N–C) groups is 1. The molecule has 1 aliphatic rings. The SMILES string of the molecule is CCC1(C)CSC(=NCc2ccc(Br)cc2)N1. The molecule has 1 fully saturated rings. The van der Waals surface area contributed by atoms with E-state index in [1.54, 1.807) is 0 Å². The van der Waals surface area contributed by atoms with Crippen LogP contribution < -0.4 is 5.32 Å². The number of hydrogen-bond donors (Lipinski definition) is 1. The first-order valence-electron chi connectivity index (χ1n) is 5.81. The highest BCUT2D eigenvalue weighted by Crippen LogP contribution is 2.25. The highest BCUT2D eigenvalue weighted by molar-refractivity contribution is 9.10. The second-order valence-electron chi connectivity index (χ2n) is 4.58. The number of amidine groups is 1. The van der Waals surface area contributed by atoms with Gasteiger partial charge in [-0.05, 0) is 31.0 Å². The van der Waals surface area contributed by atoms with Crippen LogP contribution in [0, 0.1) is 0 Å². The summed E-state index contributed by atoms with van der Waals surface area (Å²) in [5, 5.41) is 4.58. The van der Waals surface area contributed by atoms with Gasteiger partial charge in [0.25, 0.3) is 0 Å². The summed E-state index contributed by atoms with van der Waals surface area (Å²) in [6.45, 7) is 5.22. The lowest BCUT2D eigenvalue weighted by molar-refractivity contribution is 0.466. The Labute approximate surface area is 115 Å². The third-order valence-electron chi connectivity index (χ3n) is 3.03. The quantitative estimate of drug-likeness (QED) is 0.917. The summed E-state index contributed by atoms with van der Waals surface area (Å²) in [5.41, 5.74) is 1.47. The minimum atomic E-state index is 0.225. The minimum absolute atomic E-state index is 0.225. The topological polar surface area (TPSA) is 24.4 Å². The van der Waals surface area contributed by atoms with Gasteiger partial charge in [-0.3, -0.25) is 4.99 Å². The highest BCUT2D eigenvalue weighted by atomic mass is 79.9. The Morgan fingerprint density at radius 1 is 1.41 bits per heavy atom. The van der Waals surface area contributed by atoms with Gasteiger partial charge in [0.05, 0.1) is 6.54 Å². The van der Waals surface area contributed by atoms with E-state index in [0.29, 0.717) is 0 Å². The molecule has 92 valence electrons. The molecule has 4 heteroatoms. The molecule has 0 radical (unpaired) electrons. The van der Waals surface area contributed by atoms with Crippen molar-refractivity contribution in [3.8, 4) is 0 Å². The van der Waals surface area contributed by atoms with Crippen molar-refractivity contribution >= 4 is 32.9 Å². The molecule has 1 aromatic rings. The molecule has 1 heterocycles. The second kappa shape index (κ2) is 5.44. The van der Waals surface area contributed by atoms with E-state index < -0.39 is 0 Å². The van der Waals surface area contributed by atoms with E-state index in [2.05, 4.69) is 64.4 Å². The van der Waals surface area contributed by atoms with Crippen molar-refractivity contribution in [1.29, 1.82) is 0 Å². The standard InChI is InChI=1S/C13H17BrN2S/c1-3-13(2)9-17-12(16-13)15-8-10-4-6-11(14)7-5-10/h4-7H,3,8-9H2,1-2H3,(H,15,16). The molecule has 0 amide bonds. The fourth-order valence-corrected chi connectivity index (χ4v) is 3.06. The molecule has 2 nitrogen and oxygen atoms in total. The first kappa shape index (κ1) is 13.0. The van der Waals surface area contributed by atoms with Crippen LogP contribution in [0.3, 0.4) is 0 Å². The van der Waals surface area contributed by atoms with Crippen molar-refractivity contribution in [2.24, 2.45) is 4.99 Å². The average Bonchev–Trinajstić information content (AvgIpc) is 2.72. The molecule has 0 aromatic heterocycles. The first-order valence-corrected chi connectivity index (χ1v) is 7.59. The summed E-state index contributed by atoms with van der Waals surface area (Å²) in [6.07, 6.45) is 1.14. The van der Waals surface area contributed by atoms with Crippen molar-refractivity contribution in [1.82, 2.24) is 5.32 Å². The van der Waals surface area contributed by atoms with Gasteiger partial charge in [-0.25, -0.2) is 0 Å². The molecule has 1 unspecified atom stereocenters. The van der Waals surface area contributed by atoms with Gasteiger partial charge < -0.3 is 5.32 Å². The van der Waals surface area contributed by atoms with Crippen molar-refractivity contribution in [3.63, 3.8) is 0 Å². The molecule has 17 heavy (non-hydrogen) atoms. The van der Waals surface area contributed by atoms with E-state index in [4.69, 9.17) is 0 Å². The van der Waals surface area contributed by atoms with Crippen LogP contribution in [-0.4, -0.2) is 16.5 Å². The summed E-state index contributed by atoms with van der Waals surface area (Å²) < 4.78 is 1.11. The number of rotatable bonds is 3. The molecule has 2 rings (SSSR count). The summed E-state index contributed by atoms with van der Waals surface area (Å²) >= 11 is 5.26. The molecule has 0 spiro atoms. The van der Waals surface area contributed by atoms with Crippen LogP contribution in [0.5, 0.6) is 0 Å². The zero-order valence-corrected chi connectivity index (χ0v) is 12.6. The third kappa shape index (κ3) is 3.49. The molecular formula is C13H17BrN2S. The second-order valence-corrected chi connectivity index (χ2v) is 6.46. The molecular weight excluding hydrogens is 296 g/mol. The van der Waals surface area contributed by atoms with Crippen LogP contribution in [0.15, 0.2) is 33.7 Å². The largest absolute Gasteiger partial charge is 0.359 e. The van der Waals surface area contributed by atoms with Crippen LogP contribution >= 0.6 is 27.7 Å². The molecule has 1 atom stereocenters. The van der Waals surface area contributed by atoms with E-state index in [1.807, 2.05) is 11.8 Å². The lowest BCUT2D eigenvalue weighted by Crippen LogP contribution is -2.39. The fraction of sp³-hybridized carbons (Fsp3) is 0.462. The maximum Gasteiger partial charge on any atom is 0.157 e. The molecule has 1 saturated heterocycles. The Kier molecular flexibility index (Phi) is 4.15. The predicted octanol–water partition coefficient (Wildman–Crippen LogP) is 3.81. The summed E-state index contributed by atoms with van der Waals surface area (Å²) in [4.78, 5) is 4.62. The van der Waals surface area contributed by atoms with Crippen LogP contribution in [0.2, 0.25) is 0 Å². The zero-order valence-electron chi connectivity index (χ0n) is 10.2. The van der Waals surface area contributed by atoms with Gasteiger partial charge in [0.2, 0.25) is 0 Å². The number of thioether (sulfide) groups is 1. The summed E-state index contributed by atoms with van der Waals surface area (Å²) in [5.74, 6) is 1.11. The van der Waals surface area contributed by atoms with E-state index in [-0.39, 0.29) is 5.54 Å². The Balaban J connectivity index is 1.96. The Morgan fingerprint density at radius 2 is 2.12 bits per heavy atom. The zero-order chi connectivity index (χ0) is 12.3. The van der Waals surface area contributed by atoms with E-state index in [0.717, 1.165) is 28.4 Å². The van der Waals surface area contributed by atoms with Crippen molar-refractivity contribution in [2.45, 2.75) is 32.4 Å². The molecule has 1 aliphatic heterocycles. The van der Waals surface area contributed by atoms with Crippen molar-refractivity contribution in [3.05, 3.63) is 34.3 Å². The first-order chi connectivity index (χ1) is 8.11. The van der Waals surface area contributed by atoms with Gasteiger partial charge in [0.1, 0.15) is 0 Å². The Morgan fingerprint density at radius 3 is 2.71 bits per heavy atom. The highest BCUT2D eigenvalue weighted by Gasteiger charge is 2.30. The van der Waals surface area contributed by atoms with Gasteiger partial charge in [0.15, 0.2) is 5.17 Å². The van der Waals surface area contributed by atoms with Gasteiger partial charge in [-0.2, -0.15) is 0 Å². The van der Waals surface area contributed by atoms with Crippen molar-refractivity contribution < 1.29 is 0 Å². The molecule has 0 bridgehead atoms. The molecule has 0 saturated carbocycles. The normalized spacial score (nSPS) is 26.2. The number of halogens is 1. The lowest BCUT2D eigenvalue weighted by Gasteiger charge is -2.20. The lowest BCUT2D eigenvalue weighted by atomic mass is 10.0. The maximum absolute atomic E-state index is 4.62. The van der Waals surface area contributed by atoms with E-state index in [1.165, 1.54) is 5.56 Å². The monoisotopic (exact) mass is 312 g/mol. The summed E-state index contributed by atoms with van der Waals surface area (Å²) in [7, 11) is 0. The molecule has 0 aliphatic carbocycles. The van der Waals surface area contributed by atoms with Crippen molar-refractivity contribution in [2.75, 3.05) is 5.75 Å². The minimum Gasteiger partial charge on any atom is -0.359 e. The molecule has 1 aromatic carbocycles. The van der Waals surface area contributed by atoms with Gasteiger partial charge in [-0.15, -0.1) is 0 Å². The third-order valence-corrected chi connectivity index (χ3v) is 4.85. The Bertz CT molecular complexity index is 416. The van der Waals surface area contributed by atoms with E-state index >= 15 is 0 Å². The van der Waals surface area contributed by atoms with Crippen LogP contribution in [0.4, 0.5) is 0 Å². The Hall–Kier alpha value is -0.480. The predicted molar refractivity (Wildman–Crippen MR) is 79.6 cm³/mol. The number of nitrogens with one attached hydrogen (secondary N) is 1. The van der Waals surface area contributed by atoms with Gasteiger partial charge in [0, 0.05) is 15.8 Å². The van der Waals surface area contributed by atoms with Crippen LogP contribution in [-0.2, 0) is 6.54 Å². The molecule has 1 N–H and O–H groups in total. The maximum atomic E-state index is 4.62. The average molecular weight is 313 g/mol. The van der Waals surface area contributed by atoms with Crippen LogP contribution in [0.25, 0.3) is 0 Å². The van der Waals surface area contributed by atoms with Gasteiger partial charge >= 0.3 is 0 Å². The summed E-state index contributed by atoms with van der Waals surface area (Å²) in [6, 6.07) is 8.32. The van der Waals surface area contributed by atoms with E-state index in [9.17, 15) is 0 Å². The number of benzene rings is 1. The fourth-order valence-electron chi connectivity index (χ4n) is 1.59. The van der Waals surface area contributed by atoms with Gasteiger partial charge in [-0.1, -0.05) is 46.7 Å². The number of nitrogens with zero attached hydrogens (tertiary/aromatic N) is 1. The smallest absolute Gasteiger partial charge is 0.157 e.